The molecule has 0 aliphatic heterocycles. The summed E-state index contributed by atoms with van der Waals surface area (Å²) in [6.07, 6.45) is 7.76. The molecule has 0 unspecified atom stereocenters. The minimum absolute atomic E-state index is 0.218. The van der Waals surface area contributed by atoms with Gasteiger partial charge in [0, 0.05) is 12.4 Å². The maximum atomic E-state index is 4.02. The molecular formula is C10H16N2. The molecule has 1 rings (SSSR count). The van der Waals surface area contributed by atoms with E-state index in [-0.39, 0.29) is 5.41 Å². The number of hydrogen-bond acceptors (Lipinski definition) is 2. The Bertz CT molecular complexity index is 229. The molecule has 12 heavy (non-hydrogen) atoms. The van der Waals surface area contributed by atoms with Gasteiger partial charge >= 0.3 is 0 Å². The Hall–Kier alpha value is -0.920. The SMILES string of the molecule is CCCC(C)(C)c1cncnc1. The molecule has 1 aromatic heterocycles. The van der Waals surface area contributed by atoms with Crippen molar-refractivity contribution in [3.05, 3.63) is 24.3 Å². The highest BCUT2D eigenvalue weighted by molar-refractivity contribution is 5.15. The largest absolute Gasteiger partial charge is 0.245 e. The summed E-state index contributed by atoms with van der Waals surface area (Å²) < 4.78 is 0. The smallest absolute Gasteiger partial charge is 0.115 e. The Morgan fingerprint density at radius 2 is 1.83 bits per heavy atom. The van der Waals surface area contributed by atoms with Gasteiger partial charge in [-0.2, -0.15) is 0 Å². The third-order valence-corrected chi connectivity index (χ3v) is 2.22. The van der Waals surface area contributed by atoms with Crippen LogP contribution >= 0.6 is 0 Å². The molecule has 0 N–H and O–H groups in total. The van der Waals surface area contributed by atoms with Gasteiger partial charge in [0.05, 0.1) is 0 Å². The zero-order chi connectivity index (χ0) is 9.03. The summed E-state index contributed by atoms with van der Waals surface area (Å²) in [6.45, 7) is 6.66. The zero-order valence-electron chi connectivity index (χ0n) is 8.04. The predicted octanol–water partition coefficient (Wildman–Crippen LogP) is 2.55. The highest BCUT2D eigenvalue weighted by Crippen LogP contribution is 2.26. The molecule has 0 spiro atoms. The number of hydrogen-bond donors (Lipinski definition) is 0. The van der Waals surface area contributed by atoms with Crippen LogP contribution in [0.15, 0.2) is 18.7 Å². The van der Waals surface area contributed by atoms with E-state index >= 15 is 0 Å². The van der Waals surface area contributed by atoms with Crippen LogP contribution in [0, 0.1) is 0 Å². The van der Waals surface area contributed by atoms with Gasteiger partial charge in [-0.25, -0.2) is 9.97 Å². The van der Waals surface area contributed by atoms with Gasteiger partial charge in [0.25, 0.3) is 0 Å². The van der Waals surface area contributed by atoms with Gasteiger partial charge in [-0.3, -0.25) is 0 Å². The molecule has 1 aromatic rings. The second-order valence-electron chi connectivity index (χ2n) is 3.76. The summed E-state index contributed by atoms with van der Waals surface area (Å²) >= 11 is 0. The molecule has 1 heterocycles. The lowest BCUT2D eigenvalue weighted by molar-refractivity contribution is 0.470. The van der Waals surface area contributed by atoms with Crippen molar-refractivity contribution in [2.75, 3.05) is 0 Å². The lowest BCUT2D eigenvalue weighted by Gasteiger charge is -2.23. The van der Waals surface area contributed by atoms with Gasteiger partial charge in [0.1, 0.15) is 6.33 Å². The molecule has 0 radical (unpaired) electrons. The van der Waals surface area contributed by atoms with E-state index in [2.05, 4.69) is 30.7 Å². The van der Waals surface area contributed by atoms with Crippen LogP contribution in [0.1, 0.15) is 39.2 Å². The van der Waals surface area contributed by atoms with E-state index in [0.717, 1.165) is 0 Å². The Morgan fingerprint density at radius 3 is 2.33 bits per heavy atom. The van der Waals surface area contributed by atoms with Crippen molar-refractivity contribution < 1.29 is 0 Å². The van der Waals surface area contributed by atoms with Crippen LogP contribution in [0.3, 0.4) is 0 Å². The van der Waals surface area contributed by atoms with E-state index < -0.39 is 0 Å². The van der Waals surface area contributed by atoms with E-state index in [4.69, 9.17) is 0 Å². The molecule has 2 nitrogen and oxygen atoms in total. The number of rotatable bonds is 3. The van der Waals surface area contributed by atoms with E-state index in [1.165, 1.54) is 18.4 Å². The number of nitrogens with zero attached hydrogens (tertiary/aromatic N) is 2. The standard InChI is InChI=1S/C10H16N2/c1-4-5-10(2,3)9-6-11-8-12-7-9/h6-8H,4-5H2,1-3H3. The fraction of sp³-hybridized carbons (Fsp3) is 0.600. The molecule has 0 aromatic carbocycles. The van der Waals surface area contributed by atoms with Gasteiger partial charge < -0.3 is 0 Å². The lowest BCUT2D eigenvalue weighted by Crippen LogP contribution is -2.16. The van der Waals surface area contributed by atoms with Crippen molar-refractivity contribution in [3.8, 4) is 0 Å². The van der Waals surface area contributed by atoms with Gasteiger partial charge in [0.15, 0.2) is 0 Å². The quantitative estimate of drug-likeness (QED) is 0.686. The highest BCUT2D eigenvalue weighted by Gasteiger charge is 2.19. The topological polar surface area (TPSA) is 25.8 Å². The van der Waals surface area contributed by atoms with Crippen molar-refractivity contribution in [2.24, 2.45) is 0 Å². The summed E-state index contributed by atoms with van der Waals surface area (Å²) in [4.78, 5) is 8.04. The minimum atomic E-state index is 0.218. The van der Waals surface area contributed by atoms with Crippen LogP contribution in [0.4, 0.5) is 0 Å². The van der Waals surface area contributed by atoms with Gasteiger partial charge in [-0.15, -0.1) is 0 Å². The molecule has 0 aliphatic rings. The van der Waals surface area contributed by atoms with E-state index in [9.17, 15) is 0 Å². The van der Waals surface area contributed by atoms with Crippen molar-refractivity contribution in [1.82, 2.24) is 9.97 Å². The first-order chi connectivity index (χ1) is 5.67. The maximum Gasteiger partial charge on any atom is 0.115 e. The van der Waals surface area contributed by atoms with Gasteiger partial charge in [0.2, 0.25) is 0 Å². The molecule has 0 saturated carbocycles. The third-order valence-electron chi connectivity index (χ3n) is 2.22. The molecular weight excluding hydrogens is 148 g/mol. The van der Waals surface area contributed by atoms with Crippen LogP contribution < -0.4 is 0 Å². The van der Waals surface area contributed by atoms with Gasteiger partial charge in [-0.1, -0.05) is 27.2 Å². The first kappa shape index (κ1) is 9.17. The Kier molecular flexibility index (Phi) is 2.79. The predicted molar refractivity (Wildman–Crippen MR) is 50.0 cm³/mol. The maximum absolute atomic E-state index is 4.02. The minimum Gasteiger partial charge on any atom is -0.245 e. The van der Waals surface area contributed by atoms with E-state index in [1.54, 1.807) is 6.33 Å². The summed E-state index contributed by atoms with van der Waals surface area (Å²) in [7, 11) is 0. The summed E-state index contributed by atoms with van der Waals surface area (Å²) in [6, 6.07) is 0. The van der Waals surface area contributed by atoms with Crippen LogP contribution in [0.2, 0.25) is 0 Å². The summed E-state index contributed by atoms with van der Waals surface area (Å²) in [5, 5.41) is 0. The van der Waals surface area contributed by atoms with Crippen LogP contribution in [0.5, 0.6) is 0 Å². The molecule has 0 atom stereocenters. The molecule has 0 saturated heterocycles. The van der Waals surface area contributed by atoms with Crippen LogP contribution in [-0.2, 0) is 5.41 Å². The Labute approximate surface area is 74.1 Å². The molecule has 66 valence electrons. The van der Waals surface area contributed by atoms with E-state index in [0.29, 0.717) is 0 Å². The van der Waals surface area contributed by atoms with Crippen molar-refractivity contribution in [2.45, 2.75) is 39.0 Å². The first-order valence-electron chi connectivity index (χ1n) is 4.42. The normalized spacial score (nSPS) is 11.6. The lowest BCUT2D eigenvalue weighted by atomic mass is 9.82. The van der Waals surface area contributed by atoms with Crippen molar-refractivity contribution in [3.63, 3.8) is 0 Å². The van der Waals surface area contributed by atoms with Crippen molar-refractivity contribution >= 4 is 0 Å². The molecule has 0 amide bonds. The monoisotopic (exact) mass is 164 g/mol. The molecule has 0 bridgehead atoms. The van der Waals surface area contributed by atoms with Crippen LogP contribution in [-0.4, -0.2) is 9.97 Å². The molecule has 0 fully saturated rings. The zero-order valence-corrected chi connectivity index (χ0v) is 8.04. The van der Waals surface area contributed by atoms with Crippen LogP contribution in [0.25, 0.3) is 0 Å². The van der Waals surface area contributed by atoms with E-state index in [1.807, 2.05) is 12.4 Å². The second kappa shape index (κ2) is 3.65. The van der Waals surface area contributed by atoms with Gasteiger partial charge in [-0.05, 0) is 17.4 Å². The average Bonchev–Trinajstić information content (AvgIpc) is 2.06. The first-order valence-corrected chi connectivity index (χ1v) is 4.42. The third kappa shape index (κ3) is 2.03. The number of aromatic nitrogens is 2. The average molecular weight is 164 g/mol. The molecule has 0 aliphatic carbocycles. The second-order valence-corrected chi connectivity index (χ2v) is 3.76. The molecule has 2 heteroatoms. The Morgan fingerprint density at radius 1 is 1.25 bits per heavy atom. The fourth-order valence-corrected chi connectivity index (χ4v) is 1.42. The summed E-state index contributed by atoms with van der Waals surface area (Å²) in [5.41, 5.74) is 1.45. The van der Waals surface area contributed by atoms with Crippen molar-refractivity contribution in [1.29, 1.82) is 0 Å². The summed E-state index contributed by atoms with van der Waals surface area (Å²) in [5.74, 6) is 0. The highest BCUT2D eigenvalue weighted by atomic mass is 14.8. The Balaban J connectivity index is 2.82. The fourth-order valence-electron chi connectivity index (χ4n) is 1.42.